The Morgan fingerprint density at radius 3 is 2.48 bits per heavy atom. The number of fused-ring (bicyclic) bond motifs is 1. The zero-order valence-corrected chi connectivity index (χ0v) is 12.9. The molecule has 0 fully saturated rings. The highest BCUT2D eigenvalue weighted by Gasteiger charge is 2.21. The fourth-order valence-corrected chi connectivity index (χ4v) is 2.71. The number of carbonyl (C=O) groups is 1. The molecule has 0 aliphatic heterocycles. The number of hydrogen-bond acceptors (Lipinski definition) is 1. The van der Waals surface area contributed by atoms with Crippen LogP contribution in [0.3, 0.4) is 0 Å². The molecule has 0 spiro atoms. The summed E-state index contributed by atoms with van der Waals surface area (Å²) in [6.07, 6.45) is 4.29. The van der Waals surface area contributed by atoms with E-state index in [1.165, 1.54) is 5.57 Å². The third-order valence-corrected chi connectivity index (χ3v) is 3.85. The molecular formula is C19H22O2. The fourth-order valence-electron chi connectivity index (χ4n) is 2.71. The standard InChI is InChI=1S/C19H22O2/c1-13(2)8-7-9-14(3)17-12-18(19(20)21)16-11-6-4-5-10-15(16)17/h4-6,8,10-12,14H,7,9H2,1-3H3,(H,20,21)/t14-/m0/s1. The van der Waals surface area contributed by atoms with Crippen LogP contribution < -0.4 is 0 Å². The molecule has 2 heteroatoms. The molecule has 0 amide bonds. The largest absolute Gasteiger partial charge is 0.478 e. The Hall–Kier alpha value is -2.09. The number of carboxylic acid groups (broad SMARTS) is 1. The summed E-state index contributed by atoms with van der Waals surface area (Å²) in [5.41, 5.74) is 4.76. The number of rotatable bonds is 5. The molecule has 0 radical (unpaired) electrons. The van der Waals surface area contributed by atoms with Gasteiger partial charge in [0.05, 0.1) is 5.56 Å². The summed E-state index contributed by atoms with van der Waals surface area (Å²) >= 11 is 0. The van der Waals surface area contributed by atoms with Gasteiger partial charge in [-0.3, -0.25) is 0 Å². The van der Waals surface area contributed by atoms with Crippen molar-refractivity contribution in [1.29, 1.82) is 0 Å². The molecular weight excluding hydrogens is 260 g/mol. The summed E-state index contributed by atoms with van der Waals surface area (Å²) in [5.74, 6) is -0.507. The van der Waals surface area contributed by atoms with Crippen molar-refractivity contribution in [2.45, 2.75) is 39.5 Å². The smallest absolute Gasteiger partial charge is 0.336 e. The first-order valence-corrected chi connectivity index (χ1v) is 7.39. The summed E-state index contributed by atoms with van der Waals surface area (Å²) in [6, 6.07) is 11.6. The monoisotopic (exact) mass is 282 g/mol. The van der Waals surface area contributed by atoms with Crippen LogP contribution in [0.2, 0.25) is 0 Å². The zero-order chi connectivity index (χ0) is 15.4. The Labute approximate surface area is 126 Å². The van der Waals surface area contributed by atoms with Crippen LogP contribution in [0.25, 0.3) is 11.1 Å². The van der Waals surface area contributed by atoms with Crippen molar-refractivity contribution < 1.29 is 9.90 Å². The minimum absolute atomic E-state index is 0.346. The van der Waals surface area contributed by atoms with Crippen molar-refractivity contribution in [3.8, 4) is 11.1 Å². The highest BCUT2D eigenvalue weighted by atomic mass is 16.4. The molecule has 2 aliphatic rings. The third-order valence-electron chi connectivity index (χ3n) is 3.85. The van der Waals surface area contributed by atoms with E-state index < -0.39 is 5.97 Å². The van der Waals surface area contributed by atoms with Gasteiger partial charge in [-0.1, -0.05) is 48.9 Å². The summed E-state index contributed by atoms with van der Waals surface area (Å²) in [6.45, 7) is 6.38. The normalized spacial score (nSPS) is 12.1. The summed E-state index contributed by atoms with van der Waals surface area (Å²) in [5, 5.41) is 9.40. The van der Waals surface area contributed by atoms with Gasteiger partial charge < -0.3 is 5.11 Å². The van der Waals surface area contributed by atoms with Crippen LogP contribution in [0.15, 0.2) is 48.0 Å². The van der Waals surface area contributed by atoms with E-state index in [2.05, 4.69) is 26.8 Å². The van der Waals surface area contributed by atoms with Gasteiger partial charge in [0.15, 0.2) is 0 Å². The lowest BCUT2D eigenvalue weighted by Gasteiger charge is -2.11. The number of carboxylic acids is 1. The van der Waals surface area contributed by atoms with Gasteiger partial charge in [0.2, 0.25) is 0 Å². The first kappa shape index (κ1) is 15.3. The Balaban J connectivity index is 2.36. The predicted molar refractivity (Wildman–Crippen MR) is 87.1 cm³/mol. The molecule has 1 N–H and O–H groups in total. The molecule has 0 saturated heterocycles. The minimum atomic E-state index is -0.853. The van der Waals surface area contributed by atoms with Crippen molar-refractivity contribution in [2.24, 2.45) is 0 Å². The van der Waals surface area contributed by atoms with Crippen molar-refractivity contribution in [3.63, 3.8) is 0 Å². The first-order chi connectivity index (χ1) is 10.0. The van der Waals surface area contributed by atoms with E-state index in [1.54, 1.807) is 0 Å². The van der Waals surface area contributed by atoms with Gasteiger partial charge in [-0.15, -0.1) is 0 Å². The molecule has 110 valence electrons. The molecule has 2 rings (SSSR count). The average molecular weight is 282 g/mol. The molecule has 0 aromatic heterocycles. The van der Waals surface area contributed by atoms with Crippen LogP contribution in [0.4, 0.5) is 0 Å². The maximum atomic E-state index is 11.4. The maximum absolute atomic E-state index is 11.4. The molecule has 0 bridgehead atoms. The predicted octanol–water partition coefficient (Wildman–Crippen LogP) is 5.34. The lowest BCUT2D eigenvalue weighted by atomic mass is 9.94. The Bertz CT molecular complexity index is 636. The van der Waals surface area contributed by atoms with Crippen LogP contribution >= 0.6 is 0 Å². The highest BCUT2D eigenvalue weighted by Crippen LogP contribution is 2.37. The van der Waals surface area contributed by atoms with Gasteiger partial charge >= 0.3 is 5.97 Å². The molecule has 21 heavy (non-hydrogen) atoms. The maximum Gasteiger partial charge on any atom is 0.336 e. The van der Waals surface area contributed by atoms with E-state index in [0.717, 1.165) is 29.5 Å². The van der Waals surface area contributed by atoms with Gasteiger partial charge in [0, 0.05) is 0 Å². The van der Waals surface area contributed by atoms with Crippen LogP contribution in [0.1, 0.15) is 55.5 Å². The highest BCUT2D eigenvalue weighted by molar-refractivity contribution is 5.99. The van der Waals surface area contributed by atoms with Crippen LogP contribution in [0.5, 0.6) is 0 Å². The molecule has 1 atom stereocenters. The topological polar surface area (TPSA) is 37.3 Å². The second kappa shape index (κ2) is 6.57. The van der Waals surface area contributed by atoms with E-state index >= 15 is 0 Å². The average Bonchev–Trinajstić information content (AvgIpc) is 2.61. The molecule has 2 aliphatic carbocycles. The molecule has 0 aromatic rings. The molecule has 0 saturated carbocycles. The van der Waals surface area contributed by atoms with Crippen molar-refractivity contribution in [1.82, 2.24) is 0 Å². The Morgan fingerprint density at radius 1 is 1.19 bits per heavy atom. The number of allylic oxidation sites excluding steroid dienone is 2. The van der Waals surface area contributed by atoms with Crippen LogP contribution in [-0.2, 0) is 0 Å². The van der Waals surface area contributed by atoms with Crippen LogP contribution in [-0.4, -0.2) is 11.1 Å². The summed E-state index contributed by atoms with van der Waals surface area (Å²) < 4.78 is 0. The van der Waals surface area contributed by atoms with Crippen molar-refractivity contribution in [2.75, 3.05) is 0 Å². The van der Waals surface area contributed by atoms with E-state index in [0.29, 0.717) is 11.5 Å². The SMILES string of the molecule is CC(C)=CCC[C@H](C)c1cc(C(=O)O)c2cccccc1-2. The number of hydrogen-bond donors (Lipinski definition) is 1. The lowest BCUT2D eigenvalue weighted by Crippen LogP contribution is -1.94. The second-order valence-corrected chi connectivity index (χ2v) is 5.82. The van der Waals surface area contributed by atoms with Crippen LogP contribution in [0, 0.1) is 0 Å². The van der Waals surface area contributed by atoms with Crippen molar-refractivity contribution >= 4 is 5.97 Å². The second-order valence-electron chi connectivity index (χ2n) is 5.82. The molecule has 0 unspecified atom stereocenters. The van der Waals surface area contributed by atoms with Gasteiger partial charge in [0.1, 0.15) is 0 Å². The summed E-state index contributed by atoms with van der Waals surface area (Å²) in [4.78, 5) is 11.4. The minimum Gasteiger partial charge on any atom is -0.478 e. The first-order valence-electron chi connectivity index (χ1n) is 7.39. The van der Waals surface area contributed by atoms with E-state index in [1.807, 2.05) is 36.4 Å². The van der Waals surface area contributed by atoms with Gasteiger partial charge in [-0.05, 0) is 55.4 Å². The van der Waals surface area contributed by atoms with Gasteiger partial charge in [0.25, 0.3) is 0 Å². The van der Waals surface area contributed by atoms with E-state index in [-0.39, 0.29) is 0 Å². The molecule has 0 heterocycles. The van der Waals surface area contributed by atoms with Crippen molar-refractivity contribution in [3.05, 3.63) is 59.2 Å². The summed E-state index contributed by atoms with van der Waals surface area (Å²) in [7, 11) is 0. The van der Waals surface area contributed by atoms with Gasteiger partial charge in [-0.2, -0.15) is 0 Å². The molecule has 2 nitrogen and oxygen atoms in total. The van der Waals surface area contributed by atoms with E-state index in [9.17, 15) is 9.90 Å². The quantitative estimate of drug-likeness (QED) is 0.751. The Morgan fingerprint density at radius 2 is 1.86 bits per heavy atom. The van der Waals surface area contributed by atoms with Gasteiger partial charge in [-0.25, -0.2) is 4.79 Å². The third kappa shape index (κ3) is 3.52. The zero-order valence-electron chi connectivity index (χ0n) is 12.9. The number of aromatic carboxylic acids is 1. The van der Waals surface area contributed by atoms with E-state index in [4.69, 9.17) is 0 Å². The fraction of sp³-hybridized carbons (Fsp3) is 0.316. The lowest BCUT2D eigenvalue weighted by molar-refractivity contribution is 0.0698. The molecule has 0 aromatic carbocycles. The Kier molecular flexibility index (Phi) is 4.79.